The maximum atomic E-state index is 13.6. The lowest BCUT2D eigenvalue weighted by Gasteiger charge is -2.40. The molecule has 4 rings (SSSR count). The first kappa shape index (κ1) is 32.9. The molecule has 17 heteroatoms. The van der Waals surface area contributed by atoms with Crippen molar-refractivity contribution in [3.63, 3.8) is 0 Å². The van der Waals surface area contributed by atoms with Crippen molar-refractivity contribution in [1.82, 2.24) is 10.1 Å². The Bertz CT molecular complexity index is 1450. The number of rotatable bonds is 7. The van der Waals surface area contributed by atoms with Crippen molar-refractivity contribution in [2.45, 2.75) is 69.8 Å². The van der Waals surface area contributed by atoms with E-state index in [0.717, 1.165) is 18.2 Å². The summed E-state index contributed by atoms with van der Waals surface area (Å²) in [6.07, 6.45) is -17.8. The molecule has 2 N–H and O–H groups in total. The van der Waals surface area contributed by atoms with Gasteiger partial charge in [0.2, 0.25) is 0 Å². The molecule has 0 radical (unpaired) electrons. The van der Waals surface area contributed by atoms with Crippen LogP contribution in [0.1, 0.15) is 72.5 Å². The number of carbonyl (C=O) groups excluding carboxylic acids is 1. The maximum Gasteiger partial charge on any atom is 0.416 e. The predicted molar refractivity (Wildman–Crippen MR) is 135 cm³/mol. The molecule has 240 valence electrons. The van der Waals surface area contributed by atoms with Crippen LogP contribution < -0.4 is 10.2 Å². The third kappa shape index (κ3) is 7.19. The molecule has 0 spiro atoms. The molecule has 3 atom stereocenters. The Morgan fingerprint density at radius 2 is 1.61 bits per heavy atom. The van der Waals surface area contributed by atoms with Gasteiger partial charge in [-0.05, 0) is 72.4 Å². The number of alkyl halides is 9. The van der Waals surface area contributed by atoms with Crippen LogP contribution in [0.25, 0.3) is 0 Å². The standard InChI is InChI=1S/C27H25F9N4O4/c1-3-17-12-19(18-11-14(25(28,29)30)5-6-20(18)40(17)24(42)43-4-2)37-23-38-22(44-39-23)21(41)9-13-7-15(26(31,32)33)10-16(8-13)27(34,35)36/h5-8,10-11,17,19,21,41H,3-4,9,12H2,1-2H3,(H,37,39)/t17-,19+,21?/m1/s1. The number of carbonyl (C=O) groups is 1. The third-order valence-corrected chi connectivity index (χ3v) is 6.91. The number of halogens is 9. The molecule has 1 amide bonds. The number of anilines is 2. The highest BCUT2D eigenvalue weighted by Gasteiger charge is 2.40. The van der Waals surface area contributed by atoms with E-state index < -0.39 is 77.4 Å². The van der Waals surface area contributed by atoms with Crippen LogP contribution in [0.4, 0.5) is 55.9 Å². The SMILES string of the molecule is CCOC(=O)N1c2ccc(C(F)(F)F)cc2[C@@H](Nc2noc(C(O)Cc3cc(C(F)(F)F)cc(C(F)(F)F)c3)n2)C[C@H]1CC. The summed E-state index contributed by atoms with van der Waals surface area (Å²) in [4.78, 5) is 17.9. The van der Waals surface area contributed by atoms with Gasteiger partial charge >= 0.3 is 24.6 Å². The average Bonchev–Trinajstić information content (AvgIpc) is 3.39. The molecule has 44 heavy (non-hydrogen) atoms. The minimum absolute atomic E-state index is 0.0232. The molecule has 2 heterocycles. The zero-order valence-electron chi connectivity index (χ0n) is 22.9. The van der Waals surface area contributed by atoms with Crippen molar-refractivity contribution in [3.05, 3.63) is 70.1 Å². The van der Waals surface area contributed by atoms with Crippen LogP contribution in [0.15, 0.2) is 40.9 Å². The smallest absolute Gasteiger partial charge is 0.416 e. The summed E-state index contributed by atoms with van der Waals surface area (Å²) in [6, 6.07) is 2.22. The summed E-state index contributed by atoms with van der Waals surface area (Å²) in [6.45, 7) is 3.35. The summed E-state index contributed by atoms with van der Waals surface area (Å²) >= 11 is 0. The minimum atomic E-state index is -5.09. The van der Waals surface area contributed by atoms with E-state index in [-0.39, 0.29) is 36.3 Å². The van der Waals surface area contributed by atoms with Crippen LogP contribution in [0, 0.1) is 0 Å². The van der Waals surface area contributed by atoms with Gasteiger partial charge in [-0.1, -0.05) is 6.92 Å². The maximum absolute atomic E-state index is 13.6. The Labute approximate surface area is 243 Å². The number of hydrogen-bond acceptors (Lipinski definition) is 7. The number of aromatic nitrogens is 2. The number of amides is 1. The predicted octanol–water partition coefficient (Wildman–Crippen LogP) is 7.70. The molecule has 0 fully saturated rings. The van der Waals surface area contributed by atoms with Crippen LogP contribution >= 0.6 is 0 Å². The summed E-state index contributed by atoms with van der Waals surface area (Å²) in [5.41, 5.74) is -4.46. The number of benzene rings is 2. The van der Waals surface area contributed by atoms with E-state index in [2.05, 4.69) is 15.5 Å². The summed E-state index contributed by atoms with van der Waals surface area (Å²) < 4.78 is 130. The second-order valence-corrected chi connectivity index (χ2v) is 9.93. The molecule has 3 aromatic rings. The van der Waals surface area contributed by atoms with Crippen LogP contribution in [0.3, 0.4) is 0 Å². The largest absolute Gasteiger partial charge is 0.449 e. The highest BCUT2D eigenvalue weighted by atomic mass is 19.4. The van der Waals surface area contributed by atoms with Gasteiger partial charge in [-0.2, -0.15) is 44.5 Å². The molecule has 1 aliphatic heterocycles. The Balaban J connectivity index is 1.62. The van der Waals surface area contributed by atoms with Crippen LogP contribution in [0.5, 0.6) is 0 Å². The van der Waals surface area contributed by atoms with Crippen molar-refractivity contribution >= 4 is 17.7 Å². The van der Waals surface area contributed by atoms with Crippen LogP contribution in [-0.2, 0) is 29.7 Å². The minimum Gasteiger partial charge on any atom is -0.449 e. The first-order chi connectivity index (χ1) is 20.4. The van der Waals surface area contributed by atoms with E-state index in [0.29, 0.717) is 18.6 Å². The number of fused-ring (bicyclic) bond motifs is 1. The number of aliphatic hydroxyl groups excluding tert-OH is 1. The highest BCUT2D eigenvalue weighted by molar-refractivity contribution is 5.90. The fourth-order valence-corrected chi connectivity index (χ4v) is 4.89. The lowest BCUT2D eigenvalue weighted by atomic mass is 9.89. The van der Waals surface area contributed by atoms with E-state index in [1.165, 1.54) is 4.90 Å². The van der Waals surface area contributed by atoms with E-state index >= 15 is 0 Å². The number of hydrogen-bond donors (Lipinski definition) is 2. The van der Waals surface area contributed by atoms with Gasteiger partial charge in [0.1, 0.15) is 6.10 Å². The molecule has 2 aromatic carbocycles. The van der Waals surface area contributed by atoms with Crippen molar-refractivity contribution in [2.24, 2.45) is 0 Å². The summed E-state index contributed by atoms with van der Waals surface area (Å²) in [5, 5.41) is 16.9. The van der Waals surface area contributed by atoms with E-state index in [1.54, 1.807) is 13.8 Å². The first-order valence-electron chi connectivity index (χ1n) is 13.2. The first-order valence-corrected chi connectivity index (χ1v) is 13.2. The second-order valence-electron chi connectivity index (χ2n) is 9.93. The monoisotopic (exact) mass is 640 g/mol. The Kier molecular flexibility index (Phi) is 9.09. The van der Waals surface area contributed by atoms with E-state index in [4.69, 9.17) is 9.26 Å². The van der Waals surface area contributed by atoms with Gasteiger partial charge < -0.3 is 19.7 Å². The lowest BCUT2D eigenvalue weighted by Crippen LogP contribution is -2.46. The van der Waals surface area contributed by atoms with E-state index in [1.807, 2.05) is 0 Å². The zero-order valence-corrected chi connectivity index (χ0v) is 22.9. The molecular weight excluding hydrogens is 615 g/mol. The Hall–Kier alpha value is -4.02. The van der Waals surface area contributed by atoms with Crippen molar-refractivity contribution in [2.75, 3.05) is 16.8 Å². The van der Waals surface area contributed by atoms with Crippen molar-refractivity contribution in [3.8, 4) is 0 Å². The van der Waals surface area contributed by atoms with Gasteiger partial charge in [-0.3, -0.25) is 4.90 Å². The van der Waals surface area contributed by atoms with Gasteiger partial charge in [0.05, 0.1) is 35.0 Å². The molecule has 1 aliphatic rings. The molecule has 1 aromatic heterocycles. The van der Waals surface area contributed by atoms with Crippen LogP contribution in [0.2, 0.25) is 0 Å². The number of ether oxygens (including phenoxy) is 1. The molecule has 0 bridgehead atoms. The molecule has 1 unspecified atom stereocenters. The third-order valence-electron chi connectivity index (χ3n) is 6.91. The Morgan fingerprint density at radius 3 is 2.16 bits per heavy atom. The molecule has 0 aliphatic carbocycles. The fraction of sp³-hybridized carbons (Fsp3) is 0.444. The van der Waals surface area contributed by atoms with Gasteiger partial charge in [0.25, 0.3) is 11.8 Å². The van der Waals surface area contributed by atoms with Crippen LogP contribution in [-0.4, -0.2) is 34.0 Å². The molecule has 8 nitrogen and oxygen atoms in total. The molecule has 0 saturated heterocycles. The lowest BCUT2D eigenvalue weighted by molar-refractivity contribution is -0.143. The van der Waals surface area contributed by atoms with Gasteiger partial charge in [-0.15, -0.1) is 0 Å². The molecule has 0 saturated carbocycles. The quantitative estimate of drug-likeness (QED) is 0.255. The fourth-order valence-electron chi connectivity index (χ4n) is 4.89. The normalized spacial score (nSPS) is 18.1. The van der Waals surface area contributed by atoms with E-state index in [9.17, 15) is 49.4 Å². The summed E-state index contributed by atoms with van der Waals surface area (Å²) in [5.74, 6) is -0.898. The summed E-state index contributed by atoms with van der Waals surface area (Å²) in [7, 11) is 0. The average molecular weight is 641 g/mol. The number of aliphatic hydroxyl groups is 1. The van der Waals surface area contributed by atoms with Crippen molar-refractivity contribution < 1.29 is 58.7 Å². The zero-order chi connectivity index (χ0) is 32.6. The topological polar surface area (TPSA) is 101 Å². The number of nitrogens with one attached hydrogen (secondary N) is 1. The van der Waals surface area contributed by atoms with Crippen molar-refractivity contribution in [1.29, 1.82) is 0 Å². The van der Waals surface area contributed by atoms with Gasteiger partial charge in [0.15, 0.2) is 0 Å². The molecular formula is C27H25F9N4O4. The Morgan fingerprint density at radius 1 is 1.00 bits per heavy atom. The number of nitrogens with zero attached hydrogens (tertiary/aromatic N) is 3. The second kappa shape index (κ2) is 12.2. The highest BCUT2D eigenvalue weighted by Crippen LogP contribution is 2.43. The van der Waals surface area contributed by atoms with Gasteiger partial charge in [0, 0.05) is 12.5 Å². The van der Waals surface area contributed by atoms with Gasteiger partial charge in [-0.25, -0.2) is 4.79 Å².